The Hall–Kier alpha value is -2.94. The maximum Gasteiger partial charge on any atom is 0.246 e. The van der Waals surface area contributed by atoms with Crippen LogP contribution in [0, 0.1) is 5.82 Å². The molecule has 162 valence electrons. The number of hydrogen-bond acceptors (Lipinski definition) is 4. The Bertz CT molecular complexity index is 1190. The number of amides is 1. The Morgan fingerprint density at radius 3 is 2.39 bits per heavy atom. The number of hydrogen-bond donors (Lipinski definition) is 1. The lowest BCUT2D eigenvalue weighted by Gasteiger charge is -2.23. The van der Waals surface area contributed by atoms with E-state index < -0.39 is 33.2 Å². The van der Waals surface area contributed by atoms with E-state index in [-0.39, 0.29) is 6.54 Å². The van der Waals surface area contributed by atoms with Crippen molar-refractivity contribution in [3.63, 3.8) is 0 Å². The summed E-state index contributed by atoms with van der Waals surface area (Å²) in [5, 5.41) is 2.97. The second kappa shape index (κ2) is 9.91. The number of anilines is 1. The van der Waals surface area contributed by atoms with Crippen LogP contribution >= 0.6 is 11.6 Å². The van der Waals surface area contributed by atoms with Gasteiger partial charge >= 0.3 is 0 Å². The van der Waals surface area contributed by atoms with Gasteiger partial charge in [0.05, 0.1) is 19.3 Å². The number of para-hydroxylation sites is 2. The summed E-state index contributed by atoms with van der Waals surface area (Å²) >= 11 is 6.19. The lowest BCUT2D eigenvalue weighted by atomic mass is 10.2. The molecule has 0 unspecified atom stereocenters. The molecule has 0 fully saturated rings. The number of benzene rings is 3. The fourth-order valence-electron chi connectivity index (χ4n) is 2.93. The summed E-state index contributed by atoms with van der Waals surface area (Å²) in [6, 6.07) is 18.4. The molecule has 31 heavy (non-hydrogen) atoms. The van der Waals surface area contributed by atoms with Gasteiger partial charge in [0.15, 0.2) is 0 Å². The standard InChI is InChI=1S/C22H20ClFN2O4S/c1-30-20-12-6-5-11-19(20)25-22(27)15-26(14-16-8-2-3-9-17(16)23)31(28,29)21-13-7-4-10-18(21)24/h2-13H,14-15H2,1H3,(H,25,27). The summed E-state index contributed by atoms with van der Waals surface area (Å²) in [4.78, 5) is 12.2. The van der Waals surface area contributed by atoms with Crippen molar-refractivity contribution in [1.29, 1.82) is 0 Å². The van der Waals surface area contributed by atoms with E-state index >= 15 is 0 Å². The van der Waals surface area contributed by atoms with E-state index in [1.807, 2.05) is 0 Å². The minimum atomic E-state index is -4.34. The molecule has 0 spiro atoms. The maximum absolute atomic E-state index is 14.3. The Balaban J connectivity index is 1.93. The van der Waals surface area contributed by atoms with Crippen molar-refractivity contribution in [2.24, 2.45) is 0 Å². The molecule has 1 N–H and O–H groups in total. The van der Waals surface area contributed by atoms with Gasteiger partial charge in [0.1, 0.15) is 16.5 Å². The highest BCUT2D eigenvalue weighted by Gasteiger charge is 2.30. The van der Waals surface area contributed by atoms with E-state index in [9.17, 15) is 17.6 Å². The molecule has 6 nitrogen and oxygen atoms in total. The van der Waals surface area contributed by atoms with Crippen molar-refractivity contribution in [2.45, 2.75) is 11.4 Å². The molecule has 1 amide bonds. The van der Waals surface area contributed by atoms with Gasteiger partial charge in [0.25, 0.3) is 0 Å². The molecule has 0 aromatic heterocycles. The fraction of sp³-hybridized carbons (Fsp3) is 0.136. The minimum Gasteiger partial charge on any atom is -0.495 e. The molecule has 0 heterocycles. The van der Waals surface area contributed by atoms with E-state index in [0.29, 0.717) is 22.0 Å². The van der Waals surface area contributed by atoms with E-state index in [1.165, 1.54) is 19.2 Å². The van der Waals surface area contributed by atoms with Crippen molar-refractivity contribution < 1.29 is 22.3 Å². The zero-order chi connectivity index (χ0) is 22.4. The predicted molar refractivity (Wildman–Crippen MR) is 117 cm³/mol. The van der Waals surface area contributed by atoms with E-state index in [0.717, 1.165) is 16.4 Å². The summed E-state index contributed by atoms with van der Waals surface area (Å²) in [7, 11) is -2.89. The van der Waals surface area contributed by atoms with Gasteiger partial charge in [-0.05, 0) is 35.9 Å². The van der Waals surface area contributed by atoms with Crippen LogP contribution in [0.15, 0.2) is 77.7 Å². The molecule has 0 saturated heterocycles. The normalized spacial score (nSPS) is 11.4. The van der Waals surface area contributed by atoms with Crippen LogP contribution in [0.5, 0.6) is 5.75 Å². The molecular weight excluding hydrogens is 443 g/mol. The number of carbonyl (C=O) groups is 1. The summed E-state index contributed by atoms with van der Waals surface area (Å²) in [6.07, 6.45) is 0. The molecule has 0 aliphatic heterocycles. The van der Waals surface area contributed by atoms with Gasteiger partial charge < -0.3 is 10.1 Å². The van der Waals surface area contributed by atoms with Gasteiger partial charge in [-0.3, -0.25) is 4.79 Å². The van der Waals surface area contributed by atoms with Gasteiger partial charge in [-0.1, -0.05) is 54.1 Å². The van der Waals surface area contributed by atoms with Crippen LogP contribution in [0.2, 0.25) is 5.02 Å². The Morgan fingerprint density at radius 1 is 1.03 bits per heavy atom. The number of sulfonamides is 1. The lowest BCUT2D eigenvalue weighted by Crippen LogP contribution is -2.38. The number of rotatable bonds is 8. The summed E-state index contributed by atoms with van der Waals surface area (Å²) < 4.78 is 46.8. The average molecular weight is 463 g/mol. The van der Waals surface area contributed by atoms with Crippen LogP contribution in [0.3, 0.4) is 0 Å². The molecule has 3 aromatic rings. The first-order valence-electron chi connectivity index (χ1n) is 9.24. The third kappa shape index (κ3) is 5.41. The van der Waals surface area contributed by atoms with Gasteiger partial charge in [0.2, 0.25) is 15.9 Å². The van der Waals surface area contributed by atoms with Gasteiger partial charge in [-0.25, -0.2) is 12.8 Å². The first-order valence-corrected chi connectivity index (χ1v) is 11.1. The number of nitrogens with zero attached hydrogens (tertiary/aromatic N) is 1. The van der Waals surface area contributed by atoms with Crippen molar-refractivity contribution in [1.82, 2.24) is 4.31 Å². The molecule has 0 aliphatic carbocycles. The fourth-order valence-corrected chi connectivity index (χ4v) is 4.57. The van der Waals surface area contributed by atoms with E-state index in [4.69, 9.17) is 16.3 Å². The molecule has 0 radical (unpaired) electrons. The van der Waals surface area contributed by atoms with Crippen molar-refractivity contribution in [2.75, 3.05) is 19.0 Å². The molecular formula is C22H20ClFN2O4S. The average Bonchev–Trinajstić information content (AvgIpc) is 2.75. The second-order valence-corrected chi connectivity index (χ2v) is 8.86. The SMILES string of the molecule is COc1ccccc1NC(=O)CN(Cc1ccccc1Cl)S(=O)(=O)c1ccccc1F. The zero-order valence-corrected chi connectivity index (χ0v) is 18.2. The third-order valence-corrected chi connectivity index (χ3v) is 6.65. The molecule has 3 rings (SSSR count). The quantitative estimate of drug-likeness (QED) is 0.541. The Morgan fingerprint density at radius 2 is 1.68 bits per heavy atom. The summed E-state index contributed by atoms with van der Waals surface area (Å²) in [5.41, 5.74) is 0.866. The first kappa shape index (κ1) is 22.7. The first-order chi connectivity index (χ1) is 14.8. The van der Waals surface area contributed by atoms with Crippen LogP contribution in [0.1, 0.15) is 5.56 Å². The molecule has 0 aliphatic rings. The van der Waals surface area contributed by atoms with Crippen molar-refractivity contribution in [3.8, 4) is 5.75 Å². The summed E-state index contributed by atoms with van der Waals surface area (Å²) in [6.45, 7) is -0.768. The predicted octanol–water partition coefficient (Wildman–Crippen LogP) is 4.32. The Labute approximate surface area is 185 Å². The third-order valence-electron chi connectivity index (χ3n) is 4.46. The van der Waals surface area contributed by atoms with Gasteiger partial charge in [0, 0.05) is 11.6 Å². The second-order valence-electron chi connectivity index (χ2n) is 6.54. The number of nitrogens with one attached hydrogen (secondary N) is 1. The number of halogens is 2. The van der Waals surface area contributed by atoms with Crippen LogP contribution in [0.4, 0.5) is 10.1 Å². The number of ether oxygens (including phenoxy) is 1. The van der Waals surface area contributed by atoms with Gasteiger partial charge in [-0.15, -0.1) is 0 Å². The molecule has 0 bridgehead atoms. The number of carbonyl (C=O) groups excluding carboxylic acids is 1. The van der Waals surface area contributed by atoms with Crippen LogP contribution < -0.4 is 10.1 Å². The maximum atomic E-state index is 14.3. The van der Waals surface area contributed by atoms with E-state index in [1.54, 1.807) is 48.5 Å². The lowest BCUT2D eigenvalue weighted by molar-refractivity contribution is -0.116. The minimum absolute atomic E-state index is 0.213. The van der Waals surface area contributed by atoms with Crippen LogP contribution in [-0.2, 0) is 21.4 Å². The highest BCUT2D eigenvalue weighted by molar-refractivity contribution is 7.89. The van der Waals surface area contributed by atoms with Crippen molar-refractivity contribution >= 4 is 33.2 Å². The zero-order valence-electron chi connectivity index (χ0n) is 16.6. The molecule has 0 atom stereocenters. The van der Waals surface area contributed by atoms with Crippen LogP contribution in [0.25, 0.3) is 0 Å². The molecule has 3 aromatic carbocycles. The van der Waals surface area contributed by atoms with Crippen molar-refractivity contribution in [3.05, 3.63) is 89.2 Å². The monoisotopic (exact) mass is 462 g/mol. The van der Waals surface area contributed by atoms with Gasteiger partial charge in [-0.2, -0.15) is 4.31 Å². The largest absolute Gasteiger partial charge is 0.495 e. The number of methoxy groups -OCH3 is 1. The smallest absolute Gasteiger partial charge is 0.246 e. The van der Waals surface area contributed by atoms with Crippen LogP contribution in [-0.4, -0.2) is 32.3 Å². The highest BCUT2D eigenvalue weighted by Crippen LogP contribution is 2.26. The topological polar surface area (TPSA) is 75.7 Å². The molecule has 9 heteroatoms. The molecule has 0 saturated carbocycles. The Kier molecular flexibility index (Phi) is 7.27. The highest BCUT2D eigenvalue weighted by atomic mass is 35.5. The summed E-state index contributed by atoms with van der Waals surface area (Å²) in [5.74, 6) is -1.10. The van der Waals surface area contributed by atoms with E-state index in [2.05, 4.69) is 5.32 Å².